The molecule has 0 aromatic carbocycles. The number of carbonyl (C=O) groups excluding carboxylic acids is 2. The standard InChI is InChI=1S/C14H21NO5/c1-13(2,3)20-12(19)15-9(8-5-6-8)7-10(16)14(15,4)11(17)18/h8-9H,5-7H2,1-4H3,(H,17,18)/t9-,14?/m0/s1. The van der Waals surface area contributed by atoms with Crippen LogP contribution in [0.2, 0.25) is 0 Å². The number of amides is 1. The average Bonchev–Trinajstić information content (AvgIpc) is 3.04. The maximum absolute atomic E-state index is 12.4. The van der Waals surface area contributed by atoms with Crippen LogP contribution in [0.3, 0.4) is 0 Å². The molecule has 1 unspecified atom stereocenters. The zero-order valence-electron chi connectivity index (χ0n) is 12.3. The Morgan fingerprint density at radius 1 is 1.35 bits per heavy atom. The zero-order chi connectivity index (χ0) is 15.3. The number of likely N-dealkylation sites (tertiary alicyclic amines) is 1. The van der Waals surface area contributed by atoms with E-state index in [9.17, 15) is 19.5 Å². The minimum absolute atomic E-state index is 0.104. The highest BCUT2D eigenvalue weighted by molar-refractivity contribution is 6.11. The third-order valence-corrected chi connectivity index (χ3v) is 3.92. The van der Waals surface area contributed by atoms with Gasteiger partial charge in [-0.3, -0.25) is 9.69 Å². The molecule has 1 heterocycles. The number of carboxylic acid groups (broad SMARTS) is 1. The summed E-state index contributed by atoms with van der Waals surface area (Å²) in [5, 5.41) is 9.41. The summed E-state index contributed by atoms with van der Waals surface area (Å²) >= 11 is 0. The summed E-state index contributed by atoms with van der Waals surface area (Å²) in [5.41, 5.74) is -2.54. The number of carboxylic acids is 1. The van der Waals surface area contributed by atoms with Gasteiger partial charge < -0.3 is 9.84 Å². The second-order valence-electron chi connectivity index (χ2n) is 6.76. The van der Waals surface area contributed by atoms with Crippen molar-refractivity contribution in [1.29, 1.82) is 0 Å². The highest BCUT2D eigenvalue weighted by atomic mass is 16.6. The van der Waals surface area contributed by atoms with Gasteiger partial charge in [-0.15, -0.1) is 0 Å². The summed E-state index contributed by atoms with van der Waals surface area (Å²) in [4.78, 5) is 37.2. The zero-order valence-corrected chi connectivity index (χ0v) is 12.3. The van der Waals surface area contributed by atoms with Crippen LogP contribution in [0.15, 0.2) is 0 Å². The van der Waals surface area contributed by atoms with E-state index >= 15 is 0 Å². The Bertz CT molecular complexity index is 463. The van der Waals surface area contributed by atoms with Crippen molar-refractivity contribution in [2.75, 3.05) is 0 Å². The Kier molecular flexibility index (Phi) is 3.31. The van der Waals surface area contributed by atoms with Crippen molar-refractivity contribution in [1.82, 2.24) is 4.90 Å². The predicted octanol–water partition coefficient (Wildman–Crippen LogP) is 1.82. The summed E-state index contributed by atoms with van der Waals surface area (Å²) in [6.45, 7) is 6.44. The molecule has 1 aliphatic carbocycles. The molecule has 2 atom stereocenters. The van der Waals surface area contributed by atoms with E-state index in [0.29, 0.717) is 0 Å². The van der Waals surface area contributed by atoms with Crippen LogP contribution in [0, 0.1) is 5.92 Å². The molecule has 6 heteroatoms. The highest BCUT2D eigenvalue weighted by Crippen LogP contribution is 2.44. The Morgan fingerprint density at radius 3 is 2.30 bits per heavy atom. The number of Topliss-reactive ketones (excluding diaryl/α,β-unsaturated/α-hetero) is 1. The van der Waals surface area contributed by atoms with Gasteiger partial charge in [-0.05, 0) is 46.5 Å². The lowest BCUT2D eigenvalue weighted by molar-refractivity contribution is -0.153. The third kappa shape index (κ3) is 2.39. The minimum atomic E-state index is -1.81. The fourth-order valence-electron chi connectivity index (χ4n) is 2.66. The van der Waals surface area contributed by atoms with Gasteiger partial charge in [0, 0.05) is 12.5 Å². The molecule has 2 aliphatic rings. The number of rotatable bonds is 2. The van der Waals surface area contributed by atoms with E-state index in [2.05, 4.69) is 0 Å². The second kappa shape index (κ2) is 4.46. The molecule has 1 saturated carbocycles. The number of hydrogen-bond acceptors (Lipinski definition) is 4. The van der Waals surface area contributed by atoms with Crippen molar-refractivity contribution in [3.05, 3.63) is 0 Å². The van der Waals surface area contributed by atoms with Crippen LogP contribution < -0.4 is 0 Å². The number of carbonyl (C=O) groups is 3. The van der Waals surface area contributed by atoms with Crippen molar-refractivity contribution < 1.29 is 24.2 Å². The van der Waals surface area contributed by atoms with Crippen LogP contribution in [0.5, 0.6) is 0 Å². The lowest BCUT2D eigenvalue weighted by Crippen LogP contribution is -2.58. The van der Waals surface area contributed by atoms with E-state index < -0.39 is 29.0 Å². The first-order valence-corrected chi connectivity index (χ1v) is 6.86. The third-order valence-electron chi connectivity index (χ3n) is 3.92. The average molecular weight is 283 g/mol. The van der Waals surface area contributed by atoms with E-state index in [1.807, 2.05) is 0 Å². The largest absolute Gasteiger partial charge is 0.479 e. The van der Waals surface area contributed by atoms with E-state index in [0.717, 1.165) is 17.7 Å². The first-order chi connectivity index (χ1) is 9.07. The van der Waals surface area contributed by atoms with Crippen LogP contribution in [0.1, 0.15) is 47.0 Å². The fraction of sp³-hybridized carbons (Fsp3) is 0.786. The van der Waals surface area contributed by atoms with Gasteiger partial charge >= 0.3 is 12.1 Å². The molecule has 2 fully saturated rings. The number of ether oxygens (including phenoxy) is 1. The molecular formula is C14H21NO5. The summed E-state index contributed by atoms with van der Waals surface area (Å²) in [5.74, 6) is -1.50. The molecule has 0 aromatic rings. The smallest absolute Gasteiger partial charge is 0.411 e. The van der Waals surface area contributed by atoms with Gasteiger partial charge in [0.15, 0.2) is 11.3 Å². The van der Waals surface area contributed by atoms with Gasteiger partial charge in [0.1, 0.15) is 5.60 Å². The molecule has 2 rings (SSSR count). The van der Waals surface area contributed by atoms with Gasteiger partial charge in [-0.25, -0.2) is 9.59 Å². The van der Waals surface area contributed by atoms with Crippen molar-refractivity contribution in [2.24, 2.45) is 5.92 Å². The van der Waals surface area contributed by atoms with Crippen molar-refractivity contribution in [2.45, 2.75) is 64.1 Å². The molecule has 112 valence electrons. The monoisotopic (exact) mass is 283 g/mol. The minimum Gasteiger partial charge on any atom is -0.479 e. The van der Waals surface area contributed by atoms with E-state index in [-0.39, 0.29) is 18.4 Å². The molecule has 20 heavy (non-hydrogen) atoms. The predicted molar refractivity (Wildman–Crippen MR) is 70.2 cm³/mol. The van der Waals surface area contributed by atoms with Gasteiger partial charge in [0.2, 0.25) is 0 Å². The fourth-order valence-corrected chi connectivity index (χ4v) is 2.66. The van der Waals surface area contributed by atoms with Gasteiger partial charge in [0.25, 0.3) is 0 Å². The first kappa shape index (κ1) is 14.8. The molecule has 6 nitrogen and oxygen atoms in total. The van der Waals surface area contributed by atoms with Gasteiger partial charge in [0.05, 0.1) is 0 Å². The molecule has 1 saturated heterocycles. The maximum Gasteiger partial charge on any atom is 0.411 e. The number of ketones is 1. The van der Waals surface area contributed by atoms with Gasteiger partial charge in [-0.2, -0.15) is 0 Å². The van der Waals surface area contributed by atoms with Crippen molar-refractivity contribution in [3.8, 4) is 0 Å². The molecular weight excluding hydrogens is 262 g/mol. The van der Waals surface area contributed by atoms with Crippen LogP contribution in [-0.2, 0) is 14.3 Å². The molecule has 1 amide bonds. The van der Waals surface area contributed by atoms with Crippen molar-refractivity contribution in [3.63, 3.8) is 0 Å². The Morgan fingerprint density at radius 2 is 1.90 bits per heavy atom. The number of hydrogen-bond donors (Lipinski definition) is 1. The van der Waals surface area contributed by atoms with Crippen LogP contribution in [0.4, 0.5) is 4.79 Å². The van der Waals surface area contributed by atoms with E-state index in [4.69, 9.17) is 4.74 Å². The topological polar surface area (TPSA) is 83.9 Å². The first-order valence-electron chi connectivity index (χ1n) is 6.86. The lowest BCUT2D eigenvalue weighted by Gasteiger charge is -2.35. The second-order valence-corrected chi connectivity index (χ2v) is 6.76. The SMILES string of the molecule is CC(C)(C)OC(=O)N1[C@H](C2CC2)CC(=O)C1(C)C(=O)O. The molecule has 0 radical (unpaired) electrons. The Hall–Kier alpha value is -1.59. The summed E-state index contributed by atoms with van der Waals surface area (Å²) < 4.78 is 5.30. The number of nitrogens with zero attached hydrogens (tertiary/aromatic N) is 1. The summed E-state index contributed by atoms with van der Waals surface area (Å²) in [7, 11) is 0. The maximum atomic E-state index is 12.4. The highest BCUT2D eigenvalue weighted by Gasteiger charge is 2.61. The Labute approximate surface area is 118 Å². The molecule has 0 bridgehead atoms. The molecule has 0 aromatic heterocycles. The Balaban J connectivity index is 2.34. The van der Waals surface area contributed by atoms with E-state index in [1.165, 1.54) is 6.92 Å². The van der Waals surface area contributed by atoms with Gasteiger partial charge in [-0.1, -0.05) is 0 Å². The molecule has 0 spiro atoms. The quantitative estimate of drug-likeness (QED) is 0.781. The lowest BCUT2D eigenvalue weighted by atomic mass is 9.98. The van der Waals surface area contributed by atoms with Crippen molar-refractivity contribution >= 4 is 17.8 Å². The summed E-state index contributed by atoms with van der Waals surface area (Å²) in [6, 6.07) is -0.349. The summed E-state index contributed by atoms with van der Waals surface area (Å²) in [6.07, 6.45) is 1.23. The molecule has 1 aliphatic heterocycles. The van der Waals surface area contributed by atoms with Crippen LogP contribution in [-0.4, -0.2) is 45.0 Å². The normalized spacial score (nSPS) is 30.5. The molecule has 1 N–H and O–H groups in total. The number of aliphatic carboxylic acids is 1. The van der Waals surface area contributed by atoms with Crippen LogP contribution >= 0.6 is 0 Å². The van der Waals surface area contributed by atoms with E-state index in [1.54, 1.807) is 20.8 Å². The van der Waals surface area contributed by atoms with Crippen LogP contribution in [0.25, 0.3) is 0 Å².